The standard InChI is InChI=1S/C20H15FN2O2/c1-12-9-16(17(11-22)20(24)23-12)14-5-3-13(4-6-14)15-7-8-19(25-2)18(21)10-15/h3-10H,1-2H3,(H,23,24). The number of hydrogen-bond acceptors (Lipinski definition) is 3. The second-order valence-electron chi connectivity index (χ2n) is 5.61. The number of nitrogens with one attached hydrogen (secondary N) is 1. The molecule has 0 aliphatic rings. The Morgan fingerprint density at radius 3 is 2.28 bits per heavy atom. The van der Waals surface area contributed by atoms with Crippen molar-refractivity contribution < 1.29 is 9.13 Å². The Bertz CT molecular complexity index is 1030. The van der Waals surface area contributed by atoms with Gasteiger partial charge in [0.2, 0.25) is 0 Å². The molecule has 2 aromatic carbocycles. The summed E-state index contributed by atoms with van der Waals surface area (Å²) in [5.41, 5.74) is 3.23. The average molecular weight is 334 g/mol. The quantitative estimate of drug-likeness (QED) is 0.786. The van der Waals surface area contributed by atoms with Crippen molar-refractivity contribution in [2.75, 3.05) is 7.11 Å². The average Bonchev–Trinajstić information content (AvgIpc) is 2.61. The van der Waals surface area contributed by atoms with Gasteiger partial charge >= 0.3 is 0 Å². The summed E-state index contributed by atoms with van der Waals surface area (Å²) in [6.45, 7) is 1.76. The molecule has 0 unspecified atom stereocenters. The second-order valence-corrected chi connectivity index (χ2v) is 5.61. The van der Waals surface area contributed by atoms with Crippen LogP contribution in [0.2, 0.25) is 0 Å². The highest BCUT2D eigenvalue weighted by Gasteiger charge is 2.11. The van der Waals surface area contributed by atoms with E-state index in [0.29, 0.717) is 16.8 Å². The zero-order chi connectivity index (χ0) is 18.0. The summed E-state index contributed by atoms with van der Waals surface area (Å²) in [7, 11) is 1.42. The van der Waals surface area contributed by atoms with E-state index in [0.717, 1.165) is 11.1 Å². The molecule has 0 bridgehead atoms. The zero-order valence-corrected chi connectivity index (χ0v) is 13.8. The minimum Gasteiger partial charge on any atom is -0.494 e. The summed E-state index contributed by atoms with van der Waals surface area (Å²) >= 11 is 0. The van der Waals surface area contributed by atoms with Crippen LogP contribution in [0.25, 0.3) is 22.3 Å². The molecule has 1 N–H and O–H groups in total. The van der Waals surface area contributed by atoms with Crippen molar-refractivity contribution in [3.63, 3.8) is 0 Å². The predicted molar refractivity (Wildman–Crippen MR) is 93.9 cm³/mol. The molecule has 0 saturated heterocycles. The number of aryl methyl sites for hydroxylation is 1. The Labute approximate surface area is 144 Å². The Kier molecular flexibility index (Phi) is 4.36. The number of pyridine rings is 1. The van der Waals surface area contributed by atoms with Crippen LogP contribution in [0.3, 0.4) is 0 Å². The number of aromatic nitrogens is 1. The molecule has 0 saturated carbocycles. The molecular formula is C20H15FN2O2. The molecule has 0 aliphatic heterocycles. The first-order valence-corrected chi connectivity index (χ1v) is 7.62. The third kappa shape index (κ3) is 3.15. The van der Waals surface area contributed by atoms with Gasteiger partial charge in [-0.15, -0.1) is 0 Å². The van der Waals surface area contributed by atoms with Crippen LogP contribution in [0.5, 0.6) is 5.75 Å². The van der Waals surface area contributed by atoms with Gasteiger partial charge in [-0.05, 0) is 41.8 Å². The van der Waals surface area contributed by atoms with Gasteiger partial charge in [0.05, 0.1) is 7.11 Å². The highest BCUT2D eigenvalue weighted by atomic mass is 19.1. The van der Waals surface area contributed by atoms with E-state index in [2.05, 4.69) is 4.98 Å². The number of ether oxygens (including phenoxy) is 1. The van der Waals surface area contributed by atoms with Crippen molar-refractivity contribution in [1.29, 1.82) is 5.26 Å². The third-order valence-corrected chi connectivity index (χ3v) is 3.96. The normalized spacial score (nSPS) is 10.3. The summed E-state index contributed by atoms with van der Waals surface area (Å²) < 4.78 is 18.8. The van der Waals surface area contributed by atoms with E-state index < -0.39 is 11.4 Å². The topological polar surface area (TPSA) is 65.9 Å². The lowest BCUT2D eigenvalue weighted by atomic mass is 9.97. The van der Waals surface area contributed by atoms with Crippen LogP contribution >= 0.6 is 0 Å². The SMILES string of the molecule is COc1ccc(-c2ccc(-c3cc(C)[nH]c(=O)c3C#N)cc2)cc1F. The van der Waals surface area contributed by atoms with E-state index >= 15 is 0 Å². The van der Waals surface area contributed by atoms with E-state index in [-0.39, 0.29) is 11.3 Å². The van der Waals surface area contributed by atoms with Gasteiger partial charge in [-0.1, -0.05) is 30.3 Å². The van der Waals surface area contributed by atoms with Crippen LogP contribution in [-0.4, -0.2) is 12.1 Å². The Morgan fingerprint density at radius 1 is 1.04 bits per heavy atom. The first-order chi connectivity index (χ1) is 12.0. The van der Waals surface area contributed by atoms with Crippen molar-refractivity contribution in [2.24, 2.45) is 0 Å². The van der Waals surface area contributed by atoms with Crippen molar-refractivity contribution in [1.82, 2.24) is 4.98 Å². The van der Waals surface area contributed by atoms with E-state index in [4.69, 9.17) is 4.74 Å². The maximum Gasteiger partial charge on any atom is 0.266 e. The molecule has 1 heterocycles. The molecule has 3 rings (SSSR count). The number of hydrogen-bond donors (Lipinski definition) is 1. The van der Waals surface area contributed by atoms with E-state index in [1.807, 2.05) is 30.3 Å². The molecule has 0 spiro atoms. The number of methoxy groups -OCH3 is 1. The number of rotatable bonds is 3. The molecule has 0 amide bonds. The maximum atomic E-state index is 13.9. The van der Waals surface area contributed by atoms with Gasteiger partial charge in [0.1, 0.15) is 11.6 Å². The lowest BCUT2D eigenvalue weighted by Gasteiger charge is -2.08. The lowest BCUT2D eigenvalue weighted by Crippen LogP contribution is -2.12. The summed E-state index contributed by atoms with van der Waals surface area (Å²) in [6.07, 6.45) is 0. The minimum absolute atomic E-state index is 0.0776. The smallest absolute Gasteiger partial charge is 0.266 e. The zero-order valence-electron chi connectivity index (χ0n) is 13.8. The van der Waals surface area contributed by atoms with E-state index in [1.165, 1.54) is 13.2 Å². The number of nitriles is 1. The van der Waals surface area contributed by atoms with Crippen molar-refractivity contribution in [3.8, 4) is 34.1 Å². The maximum absolute atomic E-state index is 13.9. The van der Waals surface area contributed by atoms with Crippen LogP contribution in [0.1, 0.15) is 11.3 Å². The van der Waals surface area contributed by atoms with Crippen LogP contribution in [0.15, 0.2) is 53.3 Å². The van der Waals surface area contributed by atoms with Crippen LogP contribution in [0, 0.1) is 24.1 Å². The molecule has 1 aromatic heterocycles. The van der Waals surface area contributed by atoms with Gasteiger partial charge in [-0.25, -0.2) is 4.39 Å². The van der Waals surface area contributed by atoms with Gasteiger partial charge in [0, 0.05) is 11.3 Å². The predicted octanol–water partition coefficient (Wildman–Crippen LogP) is 4.04. The fourth-order valence-corrected chi connectivity index (χ4v) is 2.72. The second kappa shape index (κ2) is 6.62. The van der Waals surface area contributed by atoms with Gasteiger partial charge in [0.25, 0.3) is 5.56 Å². The Hall–Kier alpha value is -3.39. The van der Waals surface area contributed by atoms with Crippen molar-refractivity contribution in [2.45, 2.75) is 6.92 Å². The Morgan fingerprint density at radius 2 is 1.68 bits per heavy atom. The van der Waals surface area contributed by atoms with Crippen LogP contribution < -0.4 is 10.3 Å². The summed E-state index contributed by atoms with van der Waals surface area (Å²) in [5.74, 6) is -0.237. The molecule has 5 heteroatoms. The number of nitrogens with zero attached hydrogens (tertiary/aromatic N) is 1. The first kappa shape index (κ1) is 16.5. The molecule has 0 atom stereocenters. The molecule has 0 fully saturated rings. The third-order valence-electron chi connectivity index (χ3n) is 3.96. The van der Waals surface area contributed by atoms with Gasteiger partial charge in [-0.2, -0.15) is 5.26 Å². The molecule has 124 valence electrons. The monoisotopic (exact) mass is 334 g/mol. The molecule has 0 radical (unpaired) electrons. The van der Waals surface area contributed by atoms with Gasteiger partial charge in [-0.3, -0.25) is 4.79 Å². The number of halogens is 1. The fourth-order valence-electron chi connectivity index (χ4n) is 2.72. The van der Waals surface area contributed by atoms with Gasteiger partial charge < -0.3 is 9.72 Å². The molecule has 25 heavy (non-hydrogen) atoms. The summed E-state index contributed by atoms with van der Waals surface area (Å²) in [4.78, 5) is 14.5. The molecule has 3 aromatic rings. The van der Waals surface area contributed by atoms with Crippen molar-refractivity contribution >= 4 is 0 Å². The van der Waals surface area contributed by atoms with Crippen LogP contribution in [0.4, 0.5) is 4.39 Å². The molecule has 0 aliphatic carbocycles. The summed E-state index contributed by atoms with van der Waals surface area (Å²) in [5, 5.41) is 9.24. The van der Waals surface area contributed by atoms with Crippen LogP contribution in [-0.2, 0) is 0 Å². The summed E-state index contributed by atoms with van der Waals surface area (Å²) in [6, 6.07) is 15.8. The van der Waals surface area contributed by atoms with E-state index in [1.54, 1.807) is 25.1 Å². The number of benzene rings is 2. The number of aromatic amines is 1. The number of H-pyrrole nitrogens is 1. The first-order valence-electron chi connectivity index (χ1n) is 7.62. The Balaban J connectivity index is 2.03. The fraction of sp³-hybridized carbons (Fsp3) is 0.100. The molecular weight excluding hydrogens is 319 g/mol. The largest absolute Gasteiger partial charge is 0.494 e. The van der Waals surface area contributed by atoms with Gasteiger partial charge in [0.15, 0.2) is 11.6 Å². The van der Waals surface area contributed by atoms with Crippen molar-refractivity contribution in [3.05, 3.63) is 76.0 Å². The molecule has 4 nitrogen and oxygen atoms in total. The lowest BCUT2D eigenvalue weighted by molar-refractivity contribution is 0.386. The highest BCUT2D eigenvalue weighted by Crippen LogP contribution is 2.28. The highest BCUT2D eigenvalue weighted by molar-refractivity contribution is 5.74. The van der Waals surface area contributed by atoms with E-state index in [9.17, 15) is 14.4 Å². The minimum atomic E-state index is -0.430.